The predicted octanol–water partition coefficient (Wildman–Crippen LogP) is 8.18. The van der Waals surface area contributed by atoms with Gasteiger partial charge in [-0.25, -0.2) is 14.2 Å². The molecule has 2 aromatic heterocycles. The minimum atomic E-state index is -4.71. The Kier molecular flexibility index (Phi) is 7.14. The maximum atomic E-state index is 15.6. The number of benzene rings is 2. The van der Waals surface area contributed by atoms with Crippen molar-refractivity contribution in [1.82, 2.24) is 14.8 Å². The quantitative estimate of drug-likeness (QED) is 0.199. The number of nitrogens with one attached hydrogen (secondary N) is 2. The smallest absolute Gasteiger partial charge is 0.433 e. The molecule has 0 spiro atoms. The largest absolute Gasteiger partial charge is 0.506 e. The van der Waals surface area contributed by atoms with Crippen LogP contribution in [-0.4, -0.2) is 32.4 Å². The van der Waals surface area contributed by atoms with Crippen molar-refractivity contribution in [3.8, 4) is 17.0 Å². The lowest BCUT2D eigenvalue weighted by molar-refractivity contribution is -0.144. The third-order valence-corrected chi connectivity index (χ3v) is 7.64. The van der Waals surface area contributed by atoms with Gasteiger partial charge in [-0.1, -0.05) is 37.6 Å². The highest BCUT2D eigenvalue weighted by Gasteiger charge is 2.44. The molecule has 0 saturated heterocycles. The van der Waals surface area contributed by atoms with Crippen molar-refractivity contribution < 1.29 is 27.5 Å². The Hall–Kier alpha value is -3.84. The van der Waals surface area contributed by atoms with Crippen LogP contribution in [0.5, 0.6) is 5.75 Å². The molecule has 0 fully saturated rings. The fraction of sp³-hybridized carbons (Fsp3) is 0.296. The van der Waals surface area contributed by atoms with E-state index in [1.165, 1.54) is 0 Å². The Morgan fingerprint density at radius 2 is 1.90 bits per heavy atom. The number of nitrogens with zero attached hydrogens (tertiary/aromatic N) is 4. The third-order valence-electron chi connectivity index (χ3n) is 6.66. The van der Waals surface area contributed by atoms with Crippen LogP contribution in [0, 0.1) is 5.82 Å². The first-order valence-electron chi connectivity index (χ1n) is 12.5. The second-order valence-corrected chi connectivity index (χ2v) is 11.9. The number of aromatic nitrogens is 3. The standard InChI is InChI=1S/C27H25ClF4N6O2S/c1-13(2)38-19(27(30,31)32)10-16(36-38)21-14(29)9-18(39)23-22(21)26(3,4)12-37(23)17-8-6-5-7-15(17)33-25(40)35-20-11-41-24(28)34-20/h5-11,13,39H,12H2,1-4H3,(H2,33,35,40). The molecular weight excluding hydrogens is 584 g/mol. The molecule has 0 saturated carbocycles. The van der Waals surface area contributed by atoms with E-state index >= 15 is 4.39 Å². The van der Waals surface area contributed by atoms with E-state index in [0.29, 0.717) is 16.9 Å². The van der Waals surface area contributed by atoms with Crippen LogP contribution in [-0.2, 0) is 11.6 Å². The average molecular weight is 609 g/mol. The van der Waals surface area contributed by atoms with Crippen molar-refractivity contribution in [1.29, 1.82) is 0 Å². The highest BCUT2D eigenvalue weighted by atomic mass is 35.5. The topological polar surface area (TPSA) is 95.3 Å². The number of thiazole rings is 1. The predicted molar refractivity (Wildman–Crippen MR) is 151 cm³/mol. The number of fused-ring (bicyclic) bond motifs is 1. The van der Waals surface area contributed by atoms with Crippen LogP contribution in [0.1, 0.15) is 45.0 Å². The molecule has 14 heteroatoms. The van der Waals surface area contributed by atoms with Gasteiger partial charge in [0.1, 0.15) is 23.1 Å². The summed E-state index contributed by atoms with van der Waals surface area (Å²) in [6.07, 6.45) is -4.71. The van der Waals surface area contributed by atoms with E-state index in [1.54, 1.807) is 62.2 Å². The summed E-state index contributed by atoms with van der Waals surface area (Å²) in [4.78, 5) is 18.4. The normalized spacial score (nSPS) is 14.4. The highest BCUT2D eigenvalue weighted by molar-refractivity contribution is 7.14. The second kappa shape index (κ2) is 10.2. The number of para-hydroxylation sites is 2. The number of hydrogen-bond acceptors (Lipinski definition) is 6. The molecule has 4 aromatic rings. The van der Waals surface area contributed by atoms with Gasteiger partial charge >= 0.3 is 12.2 Å². The first-order valence-corrected chi connectivity index (χ1v) is 13.7. The summed E-state index contributed by atoms with van der Waals surface area (Å²) < 4.78 is 58.2. The van der Waals surface area contributed by atoms with Crippen LogP contribution in [0.3, 0.4) is 0 Å². The lowest BCUT2D eigenvalue weighted by Gasteiger charge is -2.25. The molecule has 41 heavy (non-hydrogen) atoms. The van der Waals surface area contributed by atoms with Gasteiger partial charge < -0.3 is 15.3 Å². The molecule has 2 amide bonds. The van der Waals surface area contributed by atoms with Crippen molar-refractivity contribution >= 4 is 51.8 Å². The fourth-order valence-electron chi connectivity index (χ4n) is 5.08. The van der Waals surface area contributed by atoms with Gasteiger partial charge in [0.05, 0.1) is 22.8 Å². The van der Waals surface area contributed by atoms with Gasteiger partial charge in [0.25, 0.3) is 0 Å². The molecule has 0 aliphatic carbocycles. The molecular formula is C27H25ClF4N6O2S. The summed E-state index contributed by atoms with van der Waals surface area (Å²) in [5.74, 6) is -1.03. The number of alkyl halides is 3. The molecule has 3 heterocycles. The van der Waals surface area contributed by atoms with E-state index < -0.39 is 40.9 Å². The summed E-state index contributed by atoms with van der Waals surface area (Å²) in [5.41, 5.74) is -0.823. The lowest BCUT2D eigenvalue weighted by atomic mass is 9.82. The van der Waals surface area contributed by atoms with Crippen molar-refractivity contribution in [2.45, 2.75) is 45.3 Å². The van der Waals surface area contributed by atoms with E-state index in [2.05, 4.69) is 20.7 Å². The minimum Gasteiger partial charge on any atom is -0.506 e. The number of anilines is 4. The number of phenolic OH excluding ortho intramolecular Hbond substituents is 1. The average Bonchev–Trinajstić information content (AvgIpc) is 3.56. The summed E-state index contributed by atoms with van der Waals surface area (Å²) >= 11 is 6.99. The summed E-state index contributed by atoms with van der Waals surface area (Å²) in [6.45, 7) is 6.92. The van der Waals surface area contributed by atoms with E-state index in [9.17, 15) is 23.1 Å². The molecule has 0 radical (unpaired) electrons. The number of carbonyl (C=O) groups is 1. The Morgan fingerprint density at radius 1 is 1.20 bits per heavy atom. The maximum absolute atomic E-state index is 15.6. The summed E-state index contributed by atoms with van der Waals surface area (Å²) in [6, 6.07) is 7.26. The number of urea groups is 1. The molecule has 1 aliphatic rings. The Balaban J connectivity index is 1.61. The van der Waals surface area contributed by atoms with Crippen molar-refractivity contribution in [2.24, 2.45) is 0 Å². The molecule has 216 valence electrons. The molecule has 0 atom stereocenters. The third kappa shape index (κ3) is 5.31. The number of carbonyl (C=O) groups excluding carboxylic acids is 1. The first kappa shape index (κ1) is 28.7. The molecule has 8 nitrogen and oxygen atoms in total. The van der Waals surface area contributed by atoms with Crippen molar-refractivity contribution in [2.75, 3.05) is 22.1 Å². The van der Waals surface area contributed by atoms with Gasteiger partial charge in [0.2, 0.25) is 0 Å². The second-order valence-electron chi connectivity index (χ2n) is 10.5. The van der Waals surface area contributed by atoms with Crippen molar-refractivity contribution in [3.63, 3.8) is 0 Å². The van der Waals surface area contributed by atoms with Crippen molar-refractivity contribution in [3.05, 3.63) is 63.3 Å². The summed E-state index contributed by atoms with van der Waals surface area (Å²) in [5, 5.41) is 22.1. The zero-order chi connectivity index (χ0) is 29.9. The van der Waals surface area contributed by atoms with E-state index in [-0.39, 0.29) is 33.8 Å². The monoisotopic (exact) mass is 608 g/mol. The highest BCUT2D eigenvalue weighted by Crippen LogP contribution is 2.54. The number of rotatable bonds is 5. The van der Waals surface area contributed by atoms with Crippen LogP contribution in [0.15, 0.2) is 41.8 Å². The number of phenols is 1. The lowest BCUT2D eigenvalue weighted by Crippen LogP contribution is -2.27. The van der Waals surface area contributed by atoms with Gasteiger partial charge in [-0.05, 0) is 37.6 Å². The van der Waals surface area contributed by atoms with Crippen LogP contribution in [0.4, 0.5) is 45.2 Å². The molecule has 5 rings (SSSR count). The number of aromatic hydroxyl groups is 1. The van der Waals surface area contributed by atoms with Crippen LogP contribution < -0.4 is 15.5 Å². The van der Waals surface area contributed by atoms with Crippen LogP contribution >= 0.6 is 22.9 Å². The van der Waals surface area contributed by atoms with Gasteiger partial charge in [0.15, 0.2) is 4.47 Å². The Labute approximate surface area is 241 Å². The van der Waals surface area contributed by atoms with Gasteiger partial charge in [0, 0.05) is 35.0 Å². The minimum absolute atomic E-state index is 0.126. The Bertz CT molecular complexity index is 1650. The number of halogens is 5. The van der Waals surface area contributed by atoms with Crippen LogP contribution in [0.25, 0.3) is 11.3 Å². The SMILES string of the molecule is CC(C)n1nc(-c2c(F)cc(O)c3c2C(C)(C)CN3c2ccccc2NC(=O)Nc2csc(Cl)n2)cc1C(F)(F)F. The zero-order valence-electron chi connectivity index (χ0n) is 22.3. The van der Waals surface area contributed by atoms with Gasteiger partial charge in [-0.15, -0.1) is 11.3 Å². The zero-order valence-corrected chi connectivity index (χ0v) is 23.8. The molecule has 0 bridgehead atoms. The van der Waals surface area contributed by atoms with E-state index in [4.69, 9.17) is 11.6 Å². The molecule has 3 N–H and O–H groups in total. The Morgan fingerprint density at radius 3 is 2.51 bits per heavy atom. The van der Waals surface area contributed by atoms with Gasteiger partial charge in [-0.3, -0.25) is 10.00 Å². The maximum Gasteiger partial charge on any atom is 0.433 e. The van der Waals surface area contributed by atoms with E-state index in [0.717, 1.165) is 28.2 Å². The molecule has 1 aliphatic heterocycles. The van der Waals surface area contributed by atoms with E-state index in [1.807, 2.05) is 0 Å². The fourth-order valence-corrected chi connectivity index (χ4v) is 5.78. The van der Waals surface area contributed by atoms with Gasteiger partial charge in [-0.2, -0.15) is 18.3 Å². The summed E-state index contributed by atoms with van der Waals surface area (Å²) in [7, 11) is 0. The number of amides is 2. The van der Waals surface area contributed by atoms with Crippen LogP contribution in [0.2, 0.25) is 4.47 Å². The molecule has 2 aromatic carbocycles. The molecule has 0 unspecified atom stereocenters. The number of hydrogen-bond donors (Lipinski definition) is 3. The first-order chi connectivity index (χ1) is 19.2.